The van der Waals surface area contributed by atoms with Crippen LogP contribution in [0.2, 0.25) is 0 Å². The van der Waals surface area contributed by atoms with Gasteiger partial charge in [-0.25, -0.2) is 0 Å². The van der Waals surface area contributed by atoms with E-state index in [0.29, 0.717) is 32.7 Å². The average Bonchev–Trinajstić information content (AvgIpc) is 2.83. The first-order chi connectivity index (χ1) is 12.5. The minimum absolute atomic E-state index is 0.0292. The summed E-state index contributed by atoms with van der Waals surface area (Å²) in [6.07, 6.45) is 0.916. The lowest BCUT2D eigenvalue weighted by atomic mass is 9.95. The molecule has 2 amide bonds. The Hall–Kier alpha value is -1.92. The summed E-state index contributed by atoms with van der Waals surface area (Å²) in [4.78, 5) is 30.2. The van der Waals surface area contributed by atoms with Crippen LogP contribution in [0.4, 0.5) is 0 Å². The van der Waals surface area contributed by atoms with Gasteiger partial charge in [0.1, 0.15) is 0 Å². The molecule has 1 N–H and O–H groups in total. The number of aliphatic hydroxyl groups is 1. The molecule has 0 saturated carbocycles. The number of carbonyl (C=O) groups is 2. The van der Waals surface area contributed by atoms with Crippen molar-refractivity contribution in [2.24, 2.45) is 5.92 Å². The molecule has 0 radical (unpaired) electrons. The van der Waals surface area contributed by atoms with Crippen molar-refractivity contribution in [2.45, 2.75) is 32.4 Å². The van der Waals surface area contributed by atoms with E-state index < -0.39 is 6.10 Å². The maximum absolute atomic E-state index is 12.9. The molecule has 1 aromatic carbocycles. The first kappa shape index (κ1) is 18.9. The Morgan fingerprint density at radius 3 is 2.35 bits per heavy atom. The van der Waals surface area contributed by atoms with Crippen molar-refractivity contribution in [3.8, 4) is 0 Å². The molecule has 0 unspecified atom stereocenters. The summed E-state index contributed by atoms with van der Waals surface area (Å²) >= 11 is 0. The number of nitrogens with zero attached hydrogens (tertiary/aromatic N) is 3. The van der Waals surface area contributed by atoms with Gasteiger partial charge in [-0.3, -0.25) is 14.5 Å². The van der Waals surface area contributed by atoms with Gasteiger partial charge in [-0.05, 0) is 18.4 Å². The minimum atomic E-state index is -0.525. The summed E-state index contributed by atoms with van der Waals surface area (Å²) in [5, 5.41) is 10.4. The van der Waals surface area contributed by atoms with Crippen molar-refractivity contribution >= 4 is 11.8 Å². The molecule has 6 heteroatoms. The standard InChI is InChI=1S/C20H29N3O3/c1-16(24)22-9-7-18(8-10-22)20(26)23-12-11-21(14-19(25)15-23)13-17-5-3-2-4-6-17/h2-6,18-19,25H,7-15H2,1H3/t19-/m0/s1. The topological polar surface area (TPSA) is 64.1 Å². The summed E-state index contributed by atoms with van der Waals surface area (Å²) < 4.78 is 0. The molecule has 0 bridgehead atoms. The number of aliphatic hydroxyl groups excluding tert-OH is 1. The number of amides is 2. The van der Waals surface area contributed by atoms with E-state index in [1.807, 2.05) is 28.0 Å². The highest BCUT2D eigenvalue weighted by atomic mass is 16.3. The number of rotatable bonds is 3. The van der Waals surface area contributed by atoms with Crippen molar-refractivity contribution in [2.75, 3.05) is 39.3 Å². The van der Waals surface area contributed by atoms with Gasteiger partial charge in [-0.1, -0.05) is 30.3 Å². The number of hydrogen-bond donors (Lipinski definition) is 1. The van der Waals surface area contributed by atoms with E-state index in [1.54, 1.807) is 6.92 Å². The van der Waals surface area contributed by atoms with Gasteiger partial charge in [0.2, 0.25) is 11.8 Å². The van der Waals surface area contributed by atoms with E-state index in [4.69, 9.17) is 0 Å². The second kappa shape index (κ2) is 8.64. The fourth-order valence-corrected chi connectivity index (χ4v) is 3.94. The highest BCUT2D eigenvalue weighted by molar-refractivity contribution is 5.80. The Bertz CT molecular complexity index is 614. The van der Waals surface area contributed by atoms with E-state index in [9.17, 15) is 14.7 Å². The van der Waals surface area contributed by atoms with Crippen LogP contribution in [0.25, 0.3) is 0 Å². The van der Waals surface area contributed by atoms with Gasteiger partial charge in [0.05, 0.1) is 6.10 Å². The fraction of sp³-hybridized carbons (Fsp3) is 0.600. The van der Waals surface area contributed by atoms with Gasteiger partial charge in [0.15, 0.2) is 0 Å². The van der Waals surface area contributed by atoms with E-state index in [-0.39, 0.29) is 17.7 Å². The summed E-state index contributed by atoms with van der Waals surface area (Å²) in [6.45, 7) is 6.08. The zero-order chi connectivity index (χ0) is 18.5. The molecule has 0 aromatic heterocycles. The highest BCUT2D eigenvalue weighted by Gasteiger charge is 2.32. The van der Waals surface area contributed by atoms with Crippen molar-refractivity contribution < 1.29 is 14.7 Å². The van der Waals surface area contributed by atoms with Crippen LogP contribution in [-0.2, 0) is 16.1 Å². The van der Waals surface area contributed by atoms with Crippen LogP contribution in [0.3, 0.4) is 0 Å². The molecule has 2 fully saturated rings. The first-order valence-corrected chi connectivity index (χ1v) is 9.51. The third kappa shape index (κ3) is 4.83. The van der Waals surface area contributed by atoms with Crippen LogP contribution in [0, 0.1) is 5.92 Å². The predicted octanol–water partition coefficient (Wildman–Crippen LogP) is 0.950. The maximum Gasteiger partial charge on any atom is 0.225 e. The number of β-amino-alcohol motifs (C(OH)–C–C–N with tert-alkyl or cyclic N) is 1. The van der Waals surface area contributed by atoms with Gasteiger partial charge in [-0.15, -0.1) is 0 Å². The Labute approximate surface area is 155 Å². The molecule has 0 aliphatic carbocycles. The number of benzene rings is 1. The molecule has 2 aliphatic heterocycles. The van der Waals surface area contributed by atoms with Gasteiger partial charge in [0.25, 0.3) is 0 Å². The van der Waals surface area contributed by atoms with Crippen LogP contribution < -0.4 is 0 Å². The maximum atomic E-state index is 12.9. The monoisotopic (exact) mass is 359 g/mol. The third-order valence-corrected chi connectivity index (χ3v) is 5.44. The Balaban J connectivity index is 1.54. The molecule has 2 saturated heterocycles. The zero-order valence-corrected chi connectivity index (χ0v) is 15.5. The smallest absolute Gasteiger partial charge is 0.225 e. The number of hydrogen-bond acceptors (Lipinski definition) is 4. The van der Waals surface area contributed by atoms with Gasteiger partial charge in [0, 0.05) is 58.7 Å². The lowest BCUT2D eigenvalue weighted by Crippen LogP contribution is -2.46. The van der Waals surface area contributed by atoms with Crippen LogP contribution in [0.5, 0.6) is 0 Å². The van der Waals surface area contributed by atoms with Crippen LogP contribution in [-0.4, -0.2) is 77.0 Å². The molecule has 6 nitrogen and oxygen atoms in total. The van der Waals surface area contributed by atoms with E-state index in [1.165, 1.54) is 5.56 Å². The van der Waals surface area contributed by atoms with Crippen molar-refractivity contribution in [3.05, 3.63) is 35.9 Å². The fourth-order valence-electron chi connectivity index (χ4n) is 3.94. The van der Waals surface area contributed by atoms with Crippen molar-refractivity contribution in [1.29, 1.82) is 0 Å². The molecule has 1 atom stereocenters. The van der Waals surface area contributed by atoms with E-state index in [2.05, 4.69) is 17.0 Å². The molecular formula is C20H29N3O3. The van der Waals surface area contributed by atoms with Gasteiger partial charge < -0.3 is 14.9 Å². The first-order valence-electron chi connectivity index (χ1n) is 9.51. The number of carbonyl (C=O) groups excluding carboxylic acids is 2. The van der Waals surface area contributed by atoms with Crippen molar-refractivity contribution in [3.63, 3.8) is 0 Å². The molecule has 142 valence electrons. The lowest BCUT2D eigenvalue weighted by molar-refractivity contribution is -0.140. The zero-order valence-electron chi connectivity index (χ0n) is 15.5. The van der Waals surface area contributed by atoms with Crippen LogP contribution in [0.15, 0.2) is 30.3 Å². The summed E-state index contributed by atoms with van der Waals surface area (Å²) in [7, 11) is 0. The molecule has 0 spiro atoms. The highest BCUT2D eigenvalue weighted by Crippen LogP contribution is 2.21. The van der Waals surface area contributed by atoms with Crippen LogP contribution >= 0.6 is 0 Å². The second-order valence-electron chi connectivity index (χ2n) is 7.44. The third-order valence-electron chi connectivity index (χ3n) is 5.44. The van der Waals surface area contributed by atoms with Gasteiger partial charge >= 0.3 is 0 Å². The predicted molar refractivity (Wildman–Crippen MR) is 99.3 cm³/mol. The van der Waals surface area contributed by atoms with Gasteiger partial charge in [-0.2, -0.15) is 0 Å². The summed E-state index contributed by atoms with van der Waals surface area (Å²) in [5.41, 5.74) is 1.22. The Morgan fingerprint density at radius 2 is 1.69 bits per heavy atom. The normalized spacial score (nSPS) is 22.9. The molecule has 2 heterocycles. The van der Waals surface area contributed by atoms with E-state index >= 15 is 0 Å². The second-order valence-corrected chi connectivity index (χ2v) is 7.44. The summed E-state index contributed by atoms with van der Waals surface area (Å²) in [5.74, 6) is 0.185. The Morgan fingerprint density at radius 1 is 1.00 bits per heavy atom. The minimum Gasteiger partial charge on any atom is -0.390 e. The molecule has 3 rings (SSSR count). The Kier molecular flexibility index (Phi) is 6.27. The molecular weight excluding hydrogens is 330 g/mol. The molecule has 2 aliphatic rings. The van der Waals surface area contributed by atoms with Crippen LogP contribution in [0.1, 0.15) is 25.3 Å². The van der Waals surface area contributed by atoms with E-state index in [0.717, 1.165) is 25.9 Å². The number of likely N-dealkylation sites (tertiary alicyclic amines) is 1. The SMILES string of the molecule is CC(=O)N1CCC(C(=O)N2CCN(Cc3ccccc3)C[C@H](O)C2)CC1. The number of piperidine rings is 1. The average molecular weight is 359 g/mol. The molecule has 1 aromatic rings. The largest absolute Gasteiger partial charge is 0.390 e. The lowest BCUT2D eigenvalue weighted by Gasteiger charge is -2.33. The molecule has 26 heavy (non-hydrogen) atoms. The quantitative estimate of drug-likeness (QED) is 0.873. The van der Waals surface area contributed by atoms with Crippen molar-refractivity contribution in [1.82, 2.24) is 14.7 Å². The summed E-state index contributed by atoms with van der Waals surface area (Å²) in [6, 6.07) is 10.2.